The van der Waals surface area contributed by atoms with Crippen LogP contribution in [0.25, 0.3) is 0 Å². The molecular formula is C18H21IN4O2. The van der Waals surface area contributed by atoms with E-state index in [2.05, 4.69) is 49.7 Å². The molecule has 0 saturated carbocycles. The largest absolute Gasteiger partial charge is 0.480 e. The summed E-state index contributed by atoms with van der Waals surface area (Å²) in [5, 5.41) is 2.92. The number of pyridine rings is 1. The van der Waals surface area contributed by atoms with Crippen molar-refractivity contribution in [1.29, 1.82) is 0 Å². The van der Waals surface area contributed by atoms with Gasteiger partial charge in [-0.15, -0.1) is 0 Å². The molecule has 1 aromatic heterocycles. The monoisotopic (exact) mass is 452 g/mol. The number of likely N-dealkylation sites (N-methyl/N-ethyl adjacent to an activating group) is 1. The van der Waals surface area contributed by atoms with Gasteiger partial charge in [-0.3, -0.25) is 4.79 Å². The highest BCUT2D eigenvalue weighted by Crippen LogP contribution is 2.24. The zero-order chi connectivity index (χ0) is 17.8. The lowest BCUT2D eigenvalue weighted by molar-refractivity contribution is 0.102. The van der Waals surface area contributed by atoms with Gasteiger partial charge in [0.2, 0.25) is 5.88 Å². The Balaban J connectivity index is 1.70. The molecule has 0 atom stereocenters. The van der Waals surface area contributed by atoms with Crippen LogP contribution < -0.4 is 15.0 Å². The van der Waals surface area contributed by atoms with E-state index in [0.717, 1.165) is 35.4 Å². The van der Waals surface area contributed by atoms with Crippen LogP contribution in [0.4, 0.5) is 11.4 Å². The standard InChI is InChI=1S/C18H21IN4O2/c1-22-9-11-23(12-10-22)14-5-3-13(4-6-14)21-17(24)16-15(19)7-8-20-18(16)25-2/h3-8H,9-12H2,1-2H3,(H,21,24). The van der Waals surface area contributed by atoms with Gasteiger partial charge in [0.05, 0.1) is 7.11 Å². The summed E-state index contributed by atoms with van der Waals surface area (Å²) in [7, 11) is 3.66. The predicted molar refractivity (Wildman–Crippen MR) is 108 cm³/mol. The molecule has 0 radical (unpaired) electrons. The Hall–Kier alpha value is -1.87. The summed E-state index contributed by atoms with van der Waals surface area (Å²) >= 11 is 2.11. The molecule has 2 heterocycles. The molecule has 3 rings (SSSR count). The number of piperazine rings is 1. The van der Waals surface area contributed by atoms with Crippen LogP contribution in [0.3, 0.4) is 0 Å². The van der Waals surface area contributed by atoms with Crippen LogP contribution in [0.15, 0.2) is 36.5 Å². The van der Waals surface area contributed by atoms with Crippen molar-refractivity contribution in [1.82, 2.24) is 9.88 Å². The van der Waals surface area contributed by atoms with E-state index in [9.17, 15) is 4.79 Å². The van der Waals surface area contributed by atoms with Crippen LogP contribution in [-0.2, 0) is 0 Å². The van der Waals surface area contributed by atoms with Gasteiger partial charge in [-0.2, -0.15) is 0 Å². The molecule has 25 heavy (non-hydrogen) atoms. The highest BCUT2D eigenvalue weighted by molar-refractivity contribution is 14.1. The Morgan fingerprint density at radius 3 is 2.48 bits per heavy atom. The Bertz CT molecular complexity index is 743. The number of aromatic nitrogens is 1. The molecule has 1 fully saturated rings. The summed E-state index contributed by atoms with van der Waals surface area (Å²) in [4.78, 5) is 21.4. The third-order valence-electron chi connectivity index (χ3n) is 4.28. The van der Waals surface area contributed by atoms with Crippen molar-refractivity contribution in [3.63, 3.8) is 0 Å². The maximum absolute atomic E-state index is 12.6. The number of carbonyl (C=O) groups excluding carboxylic acids is 1. The summed E-state index contributed by atoms with van der Waals surface area (Å²) in [6.45, 7) is 4.18. The van der Waals surface area contributed by atoms with Crippen molar-refractivity contribution >= 4 is 39.9 Å². The number of hydrogen-bond donors (Lipinski definition) is 1. The fourth-order valence-electron chi connectivity index (χ4n) is 2.79. The third kappa shape index (κ3) is 4.21. The quantitative estimate of drug-likeness (QED) is 0.724. The number of amides is 1. The van der Waals surface area contributed by atoms with Crippen LogP contribution >= 0.6 is 22.6 Å². The first kappa shape index (κ1) is 17.9. The second-order valence-corrected chi connectivity index (χ2v) is 7.13. The normalized spacial score (nSPS) is 15.1. The SMILES string of the molecule is COc1nccc(I)c1C(=O)Nc1ccc(N2CCN(C)CC2)cc1. The first-order valence-electron chi connectivity index (χ1n) is 8.12. The molecule has 1 N–H and O–H groups in total. The smallest absolute Gasteiger partial charge is 0.262 e. The lowest BCUT2D eigenvalue weighted by Gasteiger charge is -2.34. The van der Waals surface area contributed by atoms with Crippen molar-refractivity contribution < 1.29 is 9.53 Å². The maximum atomic E-state index is 12.6. The molecule has 2 aromatic rings. The fourth-order valence-corrected chi connectivity index (χ4v) is 3.43. The van der Waals surface area contributed by atoms with Crippen LogP contribution in [0.2, 0.25) is 0 Å². The Morgan fingerprint density at radius 2 is 1.84 bits per heavy atom. The molecule has 1 amide bonds. The Kier molecular flexibility index (Phi) is 5.74. The van der Waals surface area contributed by atoms with E-state index in [0.29, 0.717) is 11.4 Å². The molecule has 6 nitrogen and oxygen atoms in total. The fraction of sp³-hybridized carbons (Fsp3) is 0.333. The van der Waals surface area contributed by atoms with Gasteiger partial charge in [-0.05, 0) is 60.0 Å². The van der Waals surface area contributed by atoms with Crippen LogP contribution in [0.1, 0.15) is 10.4 Å². The van der Waals surface area contributed by atoms with Crippen LogP contribution in [-0.4, -0.2) is 56.1 Å². The molecular weight excluding hydrogens is 431 g/mol. The Morgan fingerprint density at radius 1 is 1.16 bits per heavy atom. The summed E-state index contributed by atoms with van der Waals surface area (Å²) in [6.07, 6.45) is 1.63. The number of hydrogen-bond acceptors (Lipinski definition) is 5. The minimum Gasteiger partial charge on any atom is -0.480 e. The molecule has 0 spiro atoms. The summed E-state index contributed by atoms with van der Waals surface area (Å²) in [5.74, 6) is 0.111. The van der Waals surface area contributed by atoms with Crippen molar-refractivity contribution in [2.75, 3.05) is 50.6 Å². The number of nitrogens with one attached hydrogen (secondary N) is 1. The zero-order valence-electron chi connectivity index (χ0n) is 14.3. The number of rotatable bonds is 4. The van der Waals surface area contributed by atoms with Gasteiger partial charge < -0.3 is 19.9 Å². The lowest BCUT2D eigenvalue weighted by Crippen LogP contribution is -2.44. The lowest BCUT2D eigenvalue weighted by atomic mass is 10.2. The average molecular weight is 452 g/mol. The number of ether oxygens (including phenoxy) is 1. The van der Waals surface area contributed by atoms with Gasteiger partial charge in [0.25, 0.3) is 5.91 Å². The molecule has 0 bridgehead atoms. The van der Waals surface area contributed by atoms with E-state index < -0.39 is 0 Å². The minimum absolute atomic E-state index is 0.221. The highest BCUT2D eigenvalue weighted by atomic mass is 127. The number of carbonyl (C=O) groups is 1. The van der Waals surface area contributed by atoms with Crippen molar-refractivity contribution in [2.24, 2.45) is 0 Å². The summed E-state index contributed by atoms with van der Waals surface area (Å²) in [6, 6.07) is 9.75. The Labute approximate surface area is 161 Å². The summed E-state index contributed by atoms with van der Waals surface area (Å²) < 4.78 is 6.01. The number of benzene rings is 1. The van der Waals surface area contributed by atoms with Gasteiger partial charge in [-0.1, -0.05) is 0 Å². The molecule has 1 aliphatic rings. The second kappa shape index (κ2) is 8.01. The van der Waals surface area contributed by atoms with Gasteiger partial charge in [0.1, 0.15) is 5.56 Å². The van der Waals surface area contributed by atoms with Gasteiger partial charge in [-0.25, -0.2) is 4.98 Å². The van der Waals surface area contributed by atoms with Gasteiger partial charge in [0.15, 0.2) is 0 Å². The number of anilines is 2. The van der Waals surface area contributed by atoms with Gasteiger partial charge >= 0.3 is 0 Å². The number of methoxy groups -OCH3 is 1. The van der Waals surface area contributed by atoms with Crippen LogP contribution in [0.5, 0.6) is 5.88 Å². The summed E-state index contributed by atoms with van der Waals surface area (Å²) in [5.41, 5.74) is 2.39. The van der Waals surface area contributed by atoms with E-state index >= 15 is 0 Å². The maximum Gasteiger partial charge on any atom is 0.262 e. The van der Waals surface area contributed by atoms with E-state index in [-0.39, 0.29) is 5.91 Å². The molecule has 0 aliphatic carbocycles. The topological polar surface area (TPSA) is 57.7 Å². The van der Waals surface area contributed by atoms with E-state index in [1.54, 1.807) is 12.3 Å². The predicted octanol–water partition coefficient (Wildman–Crippen LogP) is 2.70. The zero-order valence-corrected chi connectivity index (χ0v) is 16.5. The van der Waals surface area contributed by atoms with E-state index in [1.807, 2.05) is 24.3 Å². The van der Waals surface area contributed by atoms with E-state index in [4.69, 9.17) is 4.74 Å². The number of halogens is 1. The van der Waals surface area contributed by atoms with Gasteiger partial charge in [0, 0.05) is 47.3 Å². The minimum atomic E-state index is -0.221. The molecule has 1 saturated heterocycles. The van der Waals surface area contributed by atoms with Crippen molar-refractivity contribution in [3.8, 4) is 5.88 Å². The van der Waals surface area contributed by atoms with Crippen LogP contribution in [0, 0.1) is 3.57 Å². The highest BCUT2D eigenvalue weighted by Gasteiger charge is 2.18. The third-order valence-corrected chi connectivity index (χ3v) is 5.18. The molecule has 0 unspecified atom stereocenters. The van der Waals surface area contributed by atoms with E-state index in [1.165, 1.54) is 12.8 Å². The van der Waals surface area contributed by atoms with Crippen molar-refractivity contribution in [2.45, 2.75) is 0 Å². The molecule has 1 aliphatic heterocycles. The average Bonchev–Trinajstić information content (AvgIpc) is 2.62. The number of nitrogens with zero attached hydrogens (tertiary/aromatic N) is 3. The molecule has 132 valence electrons. The second-order valence-electron chi connectivity index (χ2n) is 5.97. The first-order valence-corrected chi connectivity index (χ1v) is 9.20. The molecule has 1 aromatic carbocycles. The van der Waals surface area contributed by atoms with Crippen molar-refractivity contribution in [3.05, 3.63) is 45.7 Å². The molecule has 7 heteroatoms. The first-order chi connectivity index (χ1) is 12.1.